The van der Waals surface area contributed by atoms with Crippen LogP contribution in [-0.4, -0.2) is 0 Å². The number of rotatable bonds is 4. The van der Waals surface area contributed by atoms with E-state index in [0.717, 1.165) is 19.3 Å². The summed E-state index contributed by atoms with van der Waals surface area (Å²) in [5, 5.41) is 0. The molecule has 0 aliphatic rings. The topological polar surface area (TPSA) is 0 Å². The summed E-state index contributed by atoms with van der Waals surface area (Å²) in [4.78, 5) is 0. The van der Waals surface area contributed by atoms with Gasteiger partial charge in [0.05, 0.1) is 0 Å². The Morgan fingerprint density at radius 1 is 0.833 bits per heavy atom. The fourth-order valence-electron chi connectivity index (χ4n) is 2.61. The van der Waals surface area contributed by atoms with E-state index < -0.39 is 0 Å². The van der Waals surface area contributed by atoms with Gasteiger partial charge in [0.1, 0.15) is 0 Å². The lowest BCUT2D eigenvalue weighted by Gasteiger charge is -2.11. The van der Waals surface area contributed by atoms with Gasteiger partial charge in [0.25, 0.3) is 0 Å². The molecule has 0 nitrogen and oxygen atoms in total. The molecule has 0 heterocycles. The molecule has 18 heavy (non-hydrogen) atoms. The van der Waals surface area contributed by atoms with Crippen molar-refractivity contribution in [2.45, 2.75) is 40.0 Å². The highest BCUT2D eigenvalue weighted by Gasteiger charge is 2.04. The van der Waals surface area contributed by atoms with Gasteiger partial charge in [-0.2, -0.15) is 0 Å². The van der Waals surface area contributed by atoms with E-state index >= 15 is 0 Å². The first-order valence-corrected chi connectivity index (χ1v) is 6.89. The van der Waals surface area contributed by atoms with Gasteiger partial charge in [0, 0.05) is 0 Å². The van der Waals surface area contributed by atoms with Crippen LogP contribution >= 0.6 is 0 Å². The van der Waals surface area contributed by atoms with E-state index in [0.29, 0.717) is 0 Å². The minimum atomic E-state index is 1.05. The fourth-order valence-corrected chi connectivity index (χ4v) is 2.61. The van der Waals surface area contributed by atoms with Gasteiger partial charge < -0.3 is 0 Å². The largest absolute Gasteiger partial charge is 0.0617 e. The zero-order chi connectivity index (χ0) is 13.0. The molecule has 0 aliphatic heterocycles. The SMILES string of the molecule is CCc1cccc(Cc2cccc(C)c2CC)c1. The van der Waals surface area contributed by atoms with Crippen molar-refractivity contribution in [3.8, 4) is 0 Å². The Balaban J connectivity index is 2.30. The summed E-state index contributed by atoms with van der Waals surface area (Å²) in [7, 11) is 0. The lowest BCUT2D eigenvalue weighted by molar-refractivity contribution is 1.03. The lowest BCUT2D eigenvalue weighted by atomic mass is 9.94. The van der Waals surface area contributed by atoms with Crippen LogP contribution in [0.15, 0.2) is 42.5 Å². The highest BCUT2D eigenvalue weighted by atomic mass is 14.1. The van der Waals surface area contributed by atoms with Gasteiger partial charge in [-0.25, -0.2) is 0 Å². The van der Waals surface area contributed by atoms with E-state index in [9.17, 15) is 0 Å². The molecule has 2 aromatic rings. The lowest BCUT2D eigenvalue weighted by Crippen LogP contribution is -1.97. The zero-order valence-electron chi connectivity index (χ0n) is 11.7. The number of hydrogen-bond donors (Lipinski definition) is 0. The third-order valence-electron chi connectivity index (χ3n) is 3.66. The molecule has 0 amide bonds. The summed E-state index contributed by atoms with van der Waals surface area (Å²) in [6, 6.07) is 15.6. The van der Waals surface area contributed by atoms with Crippen LogP contribution in [0.25, 0.3) is 0 Å². The number of aryl methyl sites for hydroxylation is 2. The van der Waals surface area contributed by atoms with Crippen molar-refractivity contribution in [2.24, 2.45) is 0 Å². The van der Waals surface area contributed by atoms with Crippen LogP contribution < -0.4 is 0 Å². The predicted octanol–water partition coefficient (Wildman–Crippen LogP) is 4.71. The molecular weight excluding hydrogens is 216 g/mol. The highest BCUT2D eigenvalue weighted by Crippen LogP contribution is 2.19. The molecule has 0 fully saturated rings. The second-order valence-corrected chi connectivity index (χ2v) is 4.92. The molecule has 0 atom stereocenters. The summed E-state index contributed by atoms with van der Waals surface area (Å²) in [6.45, 7) is 6.67. The van der Waals surface area contributed by atoms with Crippen LogP contribution in [0.5, 0.6) is 0 Å². The molecule has 0 saturated carbocycles. The molecular formula is C18H22. The minimum Gasteiger partial charge on any atom is -0.0617 e. The van der Waals surface area contributed by atoms with Crippen LogP contribution in [0.2, 0.25) is 0 Å². The molecule has 2 aromatic carbocycles. The third-order valence-corrected chi connectivity index (χ3v) is 3.66. The maximum absolute atomic E-state index is 2.34. The van der Waals surface area contributed by atoms with Crippen molar-refractivity contribution in [3.63, 3.8) is 0 Å². The molecule has 0 aliphatic carbocycles. The van der Waals surface area contributed by atoms with Gasteiger partial charge in [0.15, 0.2) is 0 Å². The second kappa shape index (κ2) is 5.86. The van der Waals surface area contributed by atoms with Crippen molar-refractivity contribution in [1.29, 1.82) is 0 Å². The van der Waals surface area contributed by atoms with Crippen molar-refractivity contribution >= 4 is 0 Å². The molecule has 0 aromatic heterocycles. The normalized spacial score (nSPS) is 10.6. The van der Waals surface area contributed by atoms with E-state index in [-0.39, 0.29) is 0 Å². The average Bonchev–Trinajstić information content (AvgIpc) is 2.39. The first-order chi connectivity index (χ1) is 8.74. The Morgan fingerprint density at radius 2 is 1.56 bits per heavy atom. The van der Waals surface area contributed by atoms with Gasteiger partial charge in [-0.15, -0.1) is 0 Å². The van der Waals surface area contributed by atoms with Gasteiger partial charge >= 0.3 is 0 Å². The molecule has 0 saturated heterocycles. The highest BCUT2D eigenvalue weighted by molar-refractivity contribution is 5.38. The predicted molar refractivity (Wildman–Crippen MR) is 79.2 cm³/mol. The molecule has 0 bridgehead atoms. The molecule has 94 valence electrons. The zero-order valence-corrected chi connectivity index (χ0v) is 11.7. The average molecular weight is 238 g/mol. The standard InChI is InChI=1S/C18H22/c1-4-15-9-7-10-16(12-15)13-17-11-6-8-14(3)18(17)5-2/h6-12H,4-5,13H2,1-3H3. The molecule has 0 N–H and O–H groups in total. The number of benzene rings is 2. The Labute approximate surface area is 111 Å². The summed E-state index contributed by atoms with van der Waals surface area (Å²) in [5.74, 6) is 0. The summed E-state index contributed by atoms with van der Waals surface area (Å²) in [6.07, 6.45) is 3.29. The first-order valence-electron chi connectivity index (χ1n) is 6.89. The fraction of sp³-hybridized carbons (Fsp3) is 0.333. The Bertz CT molecular complexity index is 523. The Hall–Kier alpha value is -1.56. The number of hydrogen-bond acceptors (Lipinski definition) is 0. The molecule has 0 unspecified atom stereocenters. The van der Waals surface area contributed by atoms with Crippen molar-refractivity contribution in [2.75, 3.05) is 0 Å². The maximum atomic E-state index is 2.34. The maximum Gasteiger partial charge on any atom is -0.00228 e. The molecule has 2 rings (SSSR count). The van der Waals surface area contributed by atoms with Gasteiger partial charge in [-0.1, -0.05) is 56.3 Å². The summed E-state index contributed by atoms with van der Waals surface area (Å²) < 4.78 is 0. The third kappa shape index (κ3) is 2.81. The van der Waals surface area contributed by atoms with E-state index in [1.54, 1.807) is 0 Å². The van der Waals surface area contributed by atoms with Crippen LogP contribution in [0.1, 0.15) is 41.7 Å². The minimum absolute atomic E-state index is 1.05. The molecule has 0 heteroatoms. The van der Waals surface area contributed by atoms with Crippen LogP contribution in [-0.2, 0) is 19.3 Å². The van der Waals surface area contributed by atoms with Gasteiger partial charge in [0.2, 0.25) is 0 Å². The summed E-state index contributed by atoms with van der Waals surface area (Å²) >= 11 is 0. The Kier molecular flexibility index (Phi) is 4.19. The molecule has 0 radical (unpaired) electrons. The van der Waals surface area contributed by atoms with Crippen molar-refractivity contribution in [3.05, 3.63) is 70.3 Å². The van der Waals surface area contributed by atoms with Gasteiger partial charge in [-0.05, 0) is 54.0 Å². The van der Waals surface area contributed by atoms with E-state index in [1.807, 2.05) is 0 Å². The first kappa shape index (κ1) is 12.9. The Morgan fingerprint density at radius 3 is 2.28 bits per heavy atom. The van der Waals surface area contributed by atoms with Crippen molar-refractivity contribution in [1.82, 2.24) is 0 Å². The van der Waals surface area contributed by atoms with Crippen LogP contribution in [0.4, 0.5) is 0 Å². The van der Waals surface area contributed by atoms with Crippen molar-refractivity contribution < 1.29 is 0 Å². The second-order valence-electron chi connectivity index (χ2n) is 4.92. The quantitative estimate of drug-likeness (QED) is 0.723. The van der Waals surface area contributed by atoms with Crippen LogP contribution in [0, 0.1) is 6.92 Å². The van der Waals surface area contributed by atoms with E-state index in [2.05, 4.69) is 63.2 Å². The smallest absolute Gasteiger partial charge is 0.00228 e. The summed E-state index contributed by atoms with van der Waals surface area (Å²) in [5.41, 5.74) is 7.26. The van der Waals surface area contributed by atoms with Gasteiger partial charge in [-0.3, -0.25) is 0 Å². The molecule has 0 spiro atoms. The van der Waals surface area contributed by atoms with Crippen LogP contribution in [0.3, 0.4) is 0 Å². The monoisotopic (exact) mass is 238 g/mol. The van der Waals surface area contributed by atoms with E-state index in [1.165, 1.54) is 27.8 Å². The van der Waals surface area contributed by atoms with E-state index in [4.69, 9.17) is 0 Å².